The zero-order chi connectivity index (χ0) is 18.5. The van der Waals surface area contributed by atoms with Crippen LogP contribution in [0.1, 0.15) is 18.9 Å². The topological polar surface area (TPSA) is 65.4 Å². The Morgan fingerprint density at radius 1 is 1.12 bits per heavy atom. The van der Waals surface area contributed by atoms with Crippen molar-refractivity contribution in [2.24, 2.45) is 0 Å². The Labute approximate surface area is 152 Å². The number of nitrogens with one attached hydrogen (secondary N) is 1. The first-order valence-electron chi connectivity index (χ1n) is 8.62. The molecule has 0 bridgehead atoms. The van der Waals surface area contributed by atoms with Crippen LogP contribution in [-0.2, 0) is 17.8 Å². The number of aryl methyl sites for hydroxylation is 1. The maximum Gasteiger partial charge on any atom is 0.231 e. The average molecular weight is 353 g/mol. The molecule has 1 amide bonds. The van der Waals surface area contributed by atoms with Gasteiger partial charge in [-0.1, -0.05) is 25.1 Å². The lowest BCUT2D eigenvalue weighted by Crippen LogP contribution is -2.18. The van der Waals surface area contributed by atoms with E-state index in [4.69, 9.17) is 9.47 Å². The zero-order valence-electron chi connectivity index (χ0n) is 15.3. The minimum atomic E-state index is -0.120. The van der Waals surface area contributed by atoms with Gasteiger partial charge in [-0.15, -0.1) is 0 Å². The van der Waals surface area contributed by atoms with E-state index in [1.54, 1.807) is 20.3 Å². The number of hydrogen-bond donors (Lipinski definition) is 1. The van der Waals surface area contributed by atoms with Crippen LogP contribution in [0.3, 0.4) is 0 Å². The number of carbonyl (C=O) groups excluding carboxylic acids is 1. The van der Waals surface area contributed by atoms with Crippen molar-refractivity contribution in [1.82, 2.24) is 9.55 Å². The summed E-state index contributed by atoms with van der Waals surface area (Å²) in [5, 5.41) is 2.94. The van der Waals surface area contributed by atoms with Crippen molar-refractivity contribution in [2.45, 2.75) is 26.3 Å². The van der Waals surface area contributed by atoms with E-state index >= 15 is 0 Å². The van der Waals surface area contributed by atoms with Gasteiger partial charge in [0.15, 0.2) is 11.5 Å². The fraction of sp³-hybridized carbons (Fsp3) is 0.300. The molecule has 0 atom stereocenters. The number of rotatable bonds is 7. The summed E-state index contributed by atoms with van der Waals surface area (Å²) in [7, 11) is 3.16. The first-order valence-corrected chi connectivity index (χ1v) is 8.62. The standard InChI is InChI=1S/C20H23N3O3/c1-4-11-23-16-8-6-5-7-15(16)21-20(23)22-19(24)13-14-9-10-17(25-2)18(12-14)26-3/h5-10,12H,4,11,13H2,1-3H3,(H,21,22,24). The van der Waals surface area contributed by atoms with Crippen molar-refractivity contribution in [3.05, 3.63) is 48.0 Å². The second-order valence-electron chi connectivity index (χ2n) is 5.99. The van der Waals surface area contributed by atoms with E-state index in [1.807, 2.05) is 41.0 Å². The summed E-state index contributed by atoms with van der Waals surface area (Å²) in [5.41, 5.74) is 2.75. The van der Waals surface area contributed by atoms with E-state index in [-0.39, 0.29) is 12.3 Å². The molecule has 136 valence electrons. The number of hydrogen-bond acceptors (Lipinski definition) is 4. The highest BCUT2D eigenvalue weighted by atomic mass is 16.5. The Morgan fingerprint density at radius 2 is 1.88 bits per heavy atom. The highest BCUT2D eigenvalue weighted by molar-refractivity contribution is 5.93. The zero-order valence-corrected chi connectivity index (χ0v) is 15.3. The summed E-state index contributed by atoms with van der Waals surface area (Å²) < 4.78 is 12.6. The molecule has 0 spiro atoms. The summed E-state index contributed by atoms with van der Waals surface area (Å²) in [5.74, 6) is 1.71. The van der Waals surface area contributed by atoms with E-state index < -0.39 is 0 Å². The molecule has 0 aliphatic heterocycles. The molecule has 3 rings (SSSR count). The van der Waals surface area contributed by atoms with E-state index in [1.165, 1.54) is 0 Å². The van der Waals surface area contributed by atoms with Gasteiger partial charge in [0.05, 0.1) is 31.7 Å². The summed E-state index contributed by atoms with van der Waals surface area (Å²) in [4.78, 5) is 17.1. The molecular formula is C20H23N3O3. The molecule has 0 unspecified atom stereocenters. The monoisotopic (exact) mass is 353 g/mol. The van der Waals surface area contributed by atoms with Crippen molar-refractivity contribution < 1.29 is 14.3 Å². The number of imidazole rings is 1. The molecule has 0 saturated carbocycles. The van der Waals surface area contributed by atoms with Gasteiger partial charge in [-0.05, 0) is 36.2 Å². The molecule has 0 aliphatic rings. The van der Waals surface area contributed by atoms with E-state index in [0.29, 0.717) is 17.4 Å². The summed E-state index contributed by atoms with van der Waals surface area (Å²) in [6, 6.07) is 13.4. The molecule has 1 heterocycles. The lowest BCUT2D eigenvalue weighted by atomic mass is 10.1. The predicted molar refractivity (Wildman–Crippen MR) is 102 cm³/mol. The lowest BCUT2D eigenvalue weighted by Gasteiger charge is -2.11. The Bertz CT molecular complexity index is 918. The molecule has 0 fully saturated rings. The first-order chi connectivity index (χ1) is 12.7. The van der Waals surface area contributed by atoms with Gasteiger partial charge in [0.2, 0.25) is 11.9 Å². The normalized spacial score (nSPS) is 10.7. The summed E-state index contributed by atoms with van der Waals surface area (Å²) in [6.45, 7) is 2.90. The first kappa shape index (κ1) is 17.8. The molecule has 2 aromatic carbocycles. The molecule has 0 aliphatic carbocycles. The van der Waals surface area contributed by atoms with Crippen LogP contribution < -0.4 is 14.8 Å². The third-order valence-electron chi connectivity index (χ3n) is 4.17. The van der Waals surface area contributed by atoms with Gasteiger partial charge in [-0.25, -0.2) is 4.98 Å². The van der Waals surface area contributed by atoms with E-state index in [2.05, 4.69) is 17.2 Å². The third-order valence-corrected chi connectivity index (χ3v) is 4.17. The molecule has 0 radical (unpaired) electrons. The summed E-state index contributed by atoms with van der Waals surface area (Å²) in [6.07, 6.45) is 1.19. The van der Waals surface area contributed by atoms with Gasteiger partial charge in [0.25, 0.3) is 0 Å². The van der Waals surface area contributed by atoms with Crippen LogP contribution in [0.25, 0.3) is 11.0 Å². The van der Waals surface area contributed by atoms with Gasteiger partial charge >= 0.3 is 0 Å². The van der Waals surface area contributed by atoms with Crippen molar-refractivity contribution in [2.75, 3.05) is 19.5 Å². The van der Waals surface area contributed by atoms with Crippen LogP contribution in [0.15, 0.2) is 42.5 Å². The van der Waals surface area contributed by atoms with Crippen LogP contribution >= 0.6 is 0 Å². The maximum atomic E-state index is 12.5. The van der Waals surface area contributed by atoms with Gasteiger partial charge in [0.1, 0.15) is 0 Å². The fourth-order valence-corrected chi connectivity index (χ4v) is 2.97. The van der Waals surface area contributed by atoms with Gasteiger partial charge < -0.3 is 14.0 Å². The number of methoxy groups -OCH3 is 2. The lowest BCUT2D eigenvalue weighted by molar-refractivity contribution is -0.115. The highest BCUT2D eigenvalue weighted by Gasteiger charge is 2.14. The smallest absolute Gasteiger partial charge is 0.231 e. The maximum absolute atomic E-state index is 12.5. The molecule has 3 aromatic rings. The second-order valence-corrected chi connectivity index (χ2v) is 5.99. The van der Waals surface area contributed by atoms with Crippen LogP contribution in [0.5, 0.6) is 11.5 Å². The average Bonchev–Trinajstić information content (AvgIpc) is 2.99. The Balaban J connectivity index is 1.80. The molecule has 6 heteroatoms. The molecule has 1 aromatic heterocycles. The molecule has 26 heavy (non-hydrogen) atoms. The largest absolute Gasteiger partial charge is 0.493 e. The molecule has 6 nitrogen and oxygen atoms in total. The second kappa shape index (κ2) is 7.91. The van der Waals surface area contributed by atoms with Crippen LogP contribution in [0, 0.1) is 0 Å². The Hall–Kier alpha value is -3.02. The van der Waals surface area contributed by atoms with Crippen molar-refractivity contribution in [3.8, 4) is 11.5 Å². The van der Waals surface area contributed by atoms with E-state index in [0.717, 1.165) is 29.6 Å². The minimum Gasteiger partial charge on any atom is -0.493 e. The Morgan fingerprint density at radius 3 is 2.62 bits per heavy atom. The number of aromatic nitrogens is 2. The third kappa shape index (κ3) is 3.64. The fourth-order valence-electron chi connectivity index (χ4n) is 2.97. The number of anilines is 1. The van der Waals surface area contributed by atoms with E-state index in [9.17, 15) is 4.79 Å². The predicted octanol–water partition coefficient (Wildman–Crippen LogP) is 3.64. The van der Waals surface area contributed by atoms with Crippen LogP contribution in [-0.4, -0.2) is 29.7 Å². The van der Waals surface area contributed by atoms with Crippen molar-refractivity contribution in [3.63, 3.8) is 0 Å². The highest BCUT2D eigenvalue weighted by Crippen LogP contribution is 2.28. The Kier molecular flexibility index (Phi) is 5.41. The van der Waals surface area contributed by atoms with Gasteiger partial charge in [0, 0.05) is 6.54 Å². The number of para-hydroxylation sites is 2. The van der Waals surface area contributed by atoms with Crippen molar-refractivity contribution >= 4 is 22.9 Å². The molecular weight excluding hydrogens is 330 g/mol. The van der Waals surface area contributed by atoms with Crippen LogP contribution in [0.2, 0.25) is 0 Å². The number of fused-ring (bicyclic) bond motifs is 1. The van der Waals surface area contributed by atoms with Crippen LogP contribution in [0.4, 0.5) is 5.95 Å². The summed E-state index contributed by atoms with van der Waals surface area (Å²) >= 11 is 0. The SMILES string of the molecule is CCCn1c(NC(=O)Cc2ccc(OC)c(OC)c2)nc2ccccc21. The quantitative estimate of drug-likeness (QED) is 0.704. The van der Waals surface area contributed by atoms with Crippen molar-refractivity contribution in [1.29, 1.82) is 0 Å². The van der Waals surface area contributed by atoms with Gasteiger partial charge in [-0.2, -0.15) is 0 Å². The van der Waals surface area contributed by atoms with Gasteiger partial charge in [-0.3, -0.25) is 10.1 Å². The minimum absolute atomic E-state index is 0.120. The number of nitrogens with zero attached hydrogens (tertiary/aromatic N) is 2. The molecule has 1 N–H and O–H groups in total. The number of carbonyl (C=O) groups is 1. The number of ether oxygens (including phenoxy) is 2. The number of amides is 1. The number of benzene rings is 2. The molecule has 0 saturated heterocycles.